The van der Waals surface area contributed by atoms with Crippen LogP contribution in [-0.2, 0) is 0 Å². The highest BCUT2D eigenvalue weighted by atomic mass is 35.5. The molecule has 0 unspecified atom stereocenters. The molecule has 1 saturated heterocycles. The van der Waals surface area contributed by atoms with Crippen molar-refractivity contribution in [2.45, 2.75) is 48.1 Å². The molecule has 2 N–H and O–H groups in total. The first-order valence-electron chi connectivity index (χ1n) is 9.42. The van der Waals surface area contributed by atoms with E-state index in [1.54, 1.807) is 12.3 Å². The van der Waals surface area contributed by atoms with Gasteiger partial charge < -0.3 is 10.6 Å². The van der Waals surface area contributed by atoms with Gasteiger partial charge in [-0.2, -0.15) is 5.26 Å². The summed E-state index contributed by atoms with van der Waals surface area (Å²) in [6.07, 6.45) is 7.49. The van der Waals surface area contributed by atoms with Gasteiger partial charge in [0.1, 0.15) is 16.9 Å². The zero-order chi connectivity index (χ0) is 19.7. The number of aromatic nitrogens is 2. The maximum absolute atomic E-state index is 9.59. The van der Waals surface area contributed by atoms with E-state index in [-0.39, 0.29) is 0 Å². The maximum Gasteiger partial charge on any atom is 0.175 e. The highest BCUT2D eigenvalue weighted by Crippen LogP contribution is 2.46. The molecule has 0 radical (unpaired) electrons. The fraction of sp³-hybridized carbons (Fsp3) is 0.450. The van der Waals surface area contributed by atoms with Gasteiger partial charge in [-0.25, -0.2) is 9.97 Å². The minimum Gasteiger partial charge on any atom is -0.355 e. The molecule has 4 rings (SSSR count). The summed E-state index contributed by atoms with van der Waals surface area (Å²) in [5.41, 5.74) is 6.97. The maximum atomic E-state index is 9.59. The normalized spacial score (nSPS) is 21.1. The minimum absolute atomic E-state index is 0.293. The molecule has 8 heteroatoms. The van der Waals surface area contributed by atoms with E-state index in [0.29, 0.717) is 32.2 Å². The third-order valence-corrected chi connectivity index (χ3v) is 8.00. The second kappa shape index (κ2) is 8.08. The highest BCUT2D eigenvalue weighted by Gasteiger charge is 2.43. The predicted octanol–water partition coefficient (Wildman–Crippen LogP) is 4.90. The lowest BCUT2D eigenvalue weighted by molar-refractivity contribution is 0.197. The highest BCUT2D eigenvalue weighted by molar-refractivity contribution is 7.99. The standard InChI is InChI=1S/C20H21Cl2N5S/c21-13-3-1-4-15(18(13)22)28-19-14(11-23)26-17(12-25-19)27-9-7-20(8-10-27)6-2-5-16(20)24/h1,3-4,12,16H,2,5-10,24H2/t16-/m1/s1. The first kappa shape index (κ1) is 19.8. The molecular weight excluding hydrogens is 413 g/mol. The molecule has 2 fully saturated rings. The van der Waals surface area contributed by atoms with E-state index in [1.165, 1.54) is 24.6 Å². The van der Waals surface area contributed by atoms with Crippen LogP contribution in [0.25, 0.3) is 0 Å². The van der Waals surface area contributed by atoms with Crippen molar-refractivity contribution in [3.63, 3.8) is 0 Å². The number of halogens is 2. The van der Waals surface area contributed by atoms with Crippen molar-refractivity contribution in [3.8, 4) is 6.07 Å². The van der Waals surface area contributed by atoms with Crippen LogP contribution in [0.15, 0.2) is 34.3 Å². The third kappa shape index (κ3) is 3.69. The van der Waals surface area contributed by atoms with Crippen LogP contribution < -0.4 is 10.6 Å². The van der Waals surface area contributed by atoms with Gasteiger partial charge in [0.15, 0.2) is 5.69 Å². The van der Waals surface area contributed by atoms with Gasteiger partial charge in [-0.05, 0) is 43.2 Å². The molecule has 1 aliphatic heterocycles. The second-order valence-electron chi connectivity index (χ2n) is 7.50. The molecule has 2 aliphatic rings. The Labute approximate surface area is 179 Å². The van der Waals surface area contributed by atoms with E-state index in [2.05, 4.69) is 20.9 Å². The van der Waals surface area contributed by atoms with Crippen LogP contribution in [0.4, 0.5) is 5.82 Å². The Hall–Kier alpha value is -1.52. The molecule has 2 heterocycles. The average molecular weight is 434 g/mol. The molecule has 1 spiro atoms. The van der Waals surface area contributed by atoms with Crippen molar-refractivity contribution in [2.24, 2.45) is 11.1 Å². The summed E-state index contributed by atoms with van der Waals surface area (Å²) in [6, 6.07) is 7.89. The Morgan fingerprint density at radius 1 is 1.25 bits per heavy atom. The predicted molar refractivity (Wildman–Crippen MR) is 113 cm³/mol. The molecule has 0 amide bonds. The molecule has 1 aromatic carbocycles. The lowest BCUT2D eigenvalue weighted by atomic mass is 9.74. The van der Waals surface area contributed by atoms with Gasteiger partial charge in [-0.3, -0.25) is 0 Å². The van der Waals surface area contributed by atoms with Crippen LogP contribution in [0.2, 0.25) is 10.0 Å². The Kier molecular flexibility index (Phi) is 5.71. The lowest BCUT2D eigenvalue weighted by Crippen LogP contribution is -2.47. The van der Waals surface area contributed by atoms with Crippen molar-refractivity contribution in [1.29, 1.82) is 5.26 Å². The van der Waals surface area contributed by atoms with Crippen molar-refractivity contribution < 1.29 is 0 Å². The molecular formula is C20H21Cl2N5S. The van der Waals surface area contributed by atoms with E-state index >= 15 is 0 Å². The van der Waals surface area contributed by atoms with Crippen LogP contribution in [0.5, 0.6) is 0 Å². The van der Waals surface area contributed by atoms with E-state index in [1.807, 2.05) is 12.1 Å². The largest absolute Gasteiger partial charge is 0.355 e. The molecule has 28 heavy (non-hydrogen) atoms. The van der Waals surface area contributed by atoms with Gasteiger partial charge >= 0.3 is 0 Å². The Morgan fingerprint density at radius 3 is 2.71 bits per heavy atom. The molecule has 1 aliphatic carbocycles. The number of rotatable bonds is 3. The molecule has 1 atom stereocenters. The van der Waals surface area contributed by atoms with Crippen molar-refractivity contribution in [2.75, 3.05) is 18.0 Å². The molecule has 1 aromatic heterocycles. The topological polar surface area (TPSA) is 78.8 Å². The first-order valence-corrected chi connectivity index (χ1v) is 11.0. The second-order valence-corrected chi connectivity index (χ2v) is 9.31. The van der Waals surface area contributed by atoms with Crippen LogP contribution in [0, 0.1) is 16.7 Å². The molecule has 2 aromatic rings. The van der Waals surface area contributed by atoms with Crippen molar-refractivity contribution in [1.82, 2.24) is 9.97 Å². The monoisotopic (exact) mass is 433 g/mol. The minimum atomic E-state index is 0.293. The van der Waals surface area contributed by atoms with E-state index in [9.17, 15) is 5.26 Å². The van der Waals surface area contributed by atoms with Gasteiger partial charge in [0.25, 0.3) is 0 Å². The Bertz CT molecular complexity index is 921. The third-order valence-electron chi connectivity index (χ3n) is 6.01. The van der Waals surface area contributed by atoms with Crippen molar-refractivity contribution >= 4 is 40.8 Å². The van der Waals surface area contributed by atoms with Crippen LogP contribution in [-0.4, -0.2) is 29.1 Å². The summed E-state index contributed by atoms with van der Waals surface area (Å²) in [6.45, 7) is 1.81. The van der Waals surface area contributed by atoms with Crippen LogP contribution in [0.3, 0.4) is 0 Å². The number of piperidine rings is 1. The Balaban J connectivity index is 1.52. The summed E-state index contributed by atoms with van der Waals surface area (Å²) in [5, 5.41) is 11.0. The van der Waals surface area contributed by atoms with Gasteiger partial charge in [0, 0.05) is 24.0 Å². The number of hydrogen-bond acceptors (Lipinski definition) is 6. The number of benzene rings is 1. The van der Waals surface area contributed by atoms with E-state index in [0.717, 1.165) is 43.1 Å². The zero-order valence-corrected chi connectivity index (χ0v) is 17.7. The van der Waals surface area contributed by atoms with Crippen LogP contribution in [0.1, 0.15) is 37.8 Å². The van der Waals surface area contributed by atoms with Gasteiger partial charge in [0.2, 0.25) is 0 Å². The average Bonchev–Trinajstić information content (AvgIpc) is 3.06. The molecule has 1 saturated carbocycles. The zero-order valence-electron chi connectivity index (χ0n) is 15.4. The van der Waals surface area contributed by atoms with Crippen molar-refractivity contribution in [3.05, 3.63) is 40.1 Å². The fourth-order valence-corrected chi connectivity index (χ4v) is 5.62. The summed E-state index contributed by atoms with van der Waals surface area (Å²) in [5.74, 6) is 0.750. The number of nitriles is 1. The fourth-order valence-electron chi connectivity index (χ4n) is 4.30. The van der Waals surface area contributed by atoms with E-state index < -0.39 is 0 Å². The summed E-state index contributed by atoms with van der Waals surface area (Å²) < 4.78 is 0. The van der Waals surface area contributed by atoms with E-state index in [4.69, 9.17) is 28.9 Å². The van der Waals surface area contributed by atoms with Crippen LogP contribution >= 0.6 is 35.0 Å². The molecule has 5 nitrogen and oxygen atoms in total. The SMILES string of the molecule is N#Cc1nc(N2CCC3(CCC[C@H]3N)CC2)cnc1Sc1cccc(Cl)c1Cl. The quantitative estimate of drug-likeness (QED) is 0.740. The number of nitrogens with zero attached hydrogens (tertiary/aromatic N) is 4. The van der Waals surface area contributed by atoms with Gasteiger partial charge in [-0.1, -0.05) is 47.5 Å². The smallest absolute Gasteiger partial charge is 0.175 e. The summed E-state index contributed by atoms with van der Waals surface area (Å²) >= 11 is 13.6. The summed E-state index contributed by atoms with van der Waals surface area (Å²) in [4.78, 5) is 12.0. The number of anilines is 1. The Morgan fingerprint density at radius 2 is 2.04 bits per heavy atom. The molecule has 146 valence electrons. The van der Waals surface area contributed by atoms with Gasteiger partial charge in [0.05, 0.1) is 16.2 Å². The lowest BCUT2D eigenvalue weighted by Gasteiger charge is -2.42. The number of hydrogen-bond donors (Lipinski definition) is 1. The molecule has 0 bridgehead atoms. The first-order chi connectivity index (χ1) is 13.5. The summed E-state index contributed by atoms with van der Waals surface area (Å²) in [7, 11) is 0. The van der Waals surface area contributed by atoms with Gasteiger partial charge in [-0.15, -0.1) is 0 Å². The number of nitrogens with two attached hydrogens (primary N) is 1.